The summed E-state index contributed by atoms with van der Waals surface area (Å²) in [6.07, 6.45) is 0.634. The van der Waals surface area contributed by atoms with E-state index in [2.05, 4.69) is 16.0 Å². The number of hydrogen-bond donors (Lipinski definition) is 4. The number of hydrogen-bond acceptors (Lipinski definition) is 4. The summed E-state index contributed by atoms with van der Waals surface area (Å²) in [7, 11) is 1.94. The zero-order chi connectivity index (χ0) is 17.7. The van der Waals surface area contributed by atoms with Gasteiger partial charge in [-0.15, -0.1) is 0 Å². The molecule has 3 amide bonds. The lowest BCUT2D eigenvalue weighted by atomic mass is 10.0. The van der Waals surface area contributed by atoms with Crippen molar-refractivity contribution in [1.82, 2.24) is 15.5 Å². The summed E-state index contributed by atoms with van der Waals surface area (Å²) >= 11 is 0. The van der Waals surface area contributed by atoms with Crippen LogP contribution < -0.4 is 16.0 Å². The molecule has 0 aromatic heterocycles. The van der Waals surface area contributed by atoms with E-state index in [9.17, 15) is 14.7 Å². The number of benzene rings is 1. The summed E-state index contributed by atoms with van der Waals surface area (Å²) in [6, 6.07) is 4.77. The number of nitrogens with one attached hydrogen (secondary N) is 3. The minimum atomic E-state index is -0.885. The molecule has 1 aromatic rings. The number of urea groups is 1. The van der Waals surface area contributed by atoms with Crippen molar-refractivity contribution in [2.45, 2.75) is 25.9 Å². The van der Waals surface area contributed by atoms with Crippen LogP contribution in [0.4, 0.5) is 10.5 Å². The molecule has 24 heavy (non-hydrogen) atoms. The molecule has 1 aromatic carbocycles. The van der Waals surface area contributed by atoms with E-state index in [4.69, 9.17) is 0 Å². The highest BCUT2D eigenvalue weighted by atomic mass is 16.3. The molecule has 0 saturated carbocycles. The van der Waals surface area contributed by atoms with E-state index in [0.717, 1.165) is 12.1 Å². The monoisotopic (exact) mass is 334 g/mol. The van der Waals surface area contributed by atoms with Crippen LogP contribution in [-0.4, -0.2) is 60.8 Å². The fraction of sp³-hybridized carbons (Fsp3) is 0.529. The van der Waals surface area contributed by atoms with Crippen molar-refractivity contribution in [2.24, 2.45) is 0 Å². The first-order valence-corrected chi connectivity index (χ1v) is 8.17. The molecule has 1 fully saturated rings. The lowest BCUT2D eigenvalue weighted by molar-refractivity contribution is 0.0546. The van der Waals surface area contributed by atoms with Gasteiger partial charge in [0.1, 0.15) is 0 Å². The van der Waals surface area contributed by atoms with E-state index >= 15 is 0 Å². The minimum Gasteiger partial charge on any atom is -0.387 e. The summed E-state index contributed by atoms with van der Waals surface area (Å²) in [4.78, 5) is 26.0. The minimum absolute atomic E-state index is 0.177. The quantitative estimate of drug-likeness (QED) is 0.644. The standard InChI is InChI=1S/C17H26N4O3/c1-4-18-15(22)13-6-5-12(2)14(9-13)20-16(23)19-10-17(24)7-8-21(3)11-17/h5-6,9,24H,4,7-8,10-11H2,1-3H3,(H,18,22)(H2,19,20,23). The summed E-state index contributed by atoms with van der Waals surface area (Å²) in [6.45, 7) is 5.80. The van der Waals surface area contributed by atoms with Crippen LogP contribution in [0.3, 0.4) is 0 Å². The van der Waals surface area contributed by atoms with Crippen LogP contribution in [-0.2, 0) is 0 Å². The molecular weight excluding hydrogens is 308 g/mol. The first-order chi connectivity index (χ1) is 11.3. The van der Waals surface area contributed by atoms with Gasteiger partial charge in [-0.1, -0.05) is 6.07 Å². The van der Waals surface area contributed by atoms with Gasteiger partial charge >= 0.3 is 6.03 Å². The van der Waals surface area contributed by atoms with Gasteiger partial charge in [-0.2, -0.15) is 0 Å². The van der Waals surface area contributed by atoms with Gasteiger partial charge in [0.15, 0.2) is 0 Å². The van der Waals surface area contributed by atoms with Crippen molar-refractivity contribution in [3.8, 4) is 0 Å². The number of carbonyl (C=O) groups excluding carboxylic acids is 2. The van der Waals surface area contributed by atoms with Crippen LogP contribution in [0, 0.1) is 6.92 Å². The molecule has 1 unspecified atom stereocenters. The number of aryl methyl sites for hydroxylation is 1. The first-order valence-electron chi connectivity index (χ1n) is 8.17. The summed E-state index contributed by atoms with van der Waals surface area (Å²) < 4.78 is 0. The molecule has 132 valence electrons. The number of likely N-dealkylation sites (tertiary alicyclic amines) is 1. The predicted molar refractivity (Wildman–Crippen MR) is 93.3 cm³/mol. The van der Waals surface area contributed by atoms with Gasteiger partial charge in [0.05, 0.1) is 5.60 Å². The largest absolute Gasteiger partial charge is 0.387 e. The highest BCUT2D eigenvalue weighted by molar-refractivity contribution is 5.97. The third-order valence-electron chi connectivity index (χ3n) is 4.19. The second-order valence-corrected chi connectivity index (χ2v) is 6.41. The maximum absolute atomic E-state index is 12.1. The maximum atomic E-state index is 12.1. The number of aliphatic hydroxyl groups is 1. The van der Waals surface area contributed by atoms with E-state index in [1.165, 1.54) is 0 Å². The van der Waals surface area contributed by atoms with E-state index in [0.29, 0.717) is 30.8 Å². The Morgan fingerprint density at radius 2 is 2.08 bits per heavy atom. The Labute approximate surface area is 142 Å². The third-order valence-corrected chi connectivity index (χ3v) is 4.19. The zero-order valence-electron chi connectivity index (χ0n) is 14.5. The topological polar surface area (TPSA) is 93.7 Å². The molecule has 1 atom stereocenters. The van der Waals surface area contributed by atoms with Gasteiger partial charge in [0.25, 0.3) is 5.91 Å². The third kappa shape index (κ3) is 4.69. The second-order valence-electron chi connectivity index (χ2n) is 6.41. The highest BCUT2D eigenvalue weighted by Crippen LogP contribution is 2.19. The molecule has 1 aliphatic rings. The molecule has 0 bridgehead atoms. The van der Waals surface area contributed by atoms with Crippen LogP contribution in [0.15, 0.2) is 18.2 Å². The lowest BCUT2D eigenvalue weighted by Gasteiger charge is -2.23. The average Bonchev–Trinajstić information content (AvgIpc) is 2.87. The van der Waals surface area contributed by atoms with Crippen molar-refractivity contribution in [1.29, 1.82) is 0 Å². The molecule has 4 N–H and O–H groups in total. The SMILES string of the molecule is CCNC(=O)c1ccc(C)c(NC(=O)NCC2(O)CCN(C)C2)c1. The van der Waals surface area contributed by atoms with Crippen LogP contribution in [0.1, 0.15) is 29.3 Å². The molecule has 7 heteroatoms. The van der Waals surface area contributed by atoms with Crippen molar-refractivity contribution >= 4 is 17.6 Å². The molecule has 0 spiro atoms. The van der Waals surface area contributed by atoms with Crippen molar-refractivity contribution in [2.75, 3.05) is 38.5 Å². The highest BCUT2D eigenvalue weighted by Gasteiger charge is 2.34. The number of anilines is 1. The number of likely N-dealkylation sites (N-methyl/N-ethyl adjacent to an activating group) is 1. The van der Waals surface area contributed by atoms with Gasteiger partial charge in [0, 0.05) is 37.4 Å². The Kier molecular flexibility index (Phi) is 5.80. The van der Waals surface area contributed by atoms with Gasteiger partial charge in [-0.25, -0.2) is 4.79 Å². The summed E-state index contributed by atoms with van der Waals surface area (Å²) in [5.41, 5.74) is 1.04. The zero-order valence-corrected chi connectivity index (χ0v) is 14.5. The fourth-order valence-electron chi connectivity index (χ4n) is 2.78. The molecule has 1 heterocycles. The first kappa shape index (κ1) is 18.2. The molecular formula is C17H26N4O3. The van der Waals surface area contributed by atoms with Crippen molar-refractivity contribution in [3.05, 3.63) is 29.3 Å². The van der Waals surface area contributed by atoms with Gasteiger partial charge < -0.3 is 26.0 Å². The van der Waals surface area contributed by atoms with E-state index < -0.39 is 11.6 Å². The Morgan fingerprint density at radius 1 is 1.33 bits per heavy atom. The summed E-state index contributed by atoms with van der Waals surface area (Å²) in [5, 5.41) is 18.6. The lowest BCUT2D eigenvalue weighted by Crippen LogP contribution is -2.45. The Hall–Kier alpha value is -2.12. The smallest absolute Gasteiger partial charge is 0.319 e. The molecule has 1 saturated heterocycles. The van der Waals surface area contributed by atoms with Crippen molar-refractivity contribution in [3.63, 3.8) is 0 Å². The predicted octanol–water partition coefficient (Wildman–Crippen LogP) is 0.933. The van der Waals surface area contributed by atoms with Gasteiger partial charge in [0.2, 0.25) is 0 Å². The average molecular weight is 334 g/mol. The summed E-state index contributed by atoms with van der Waals surface area (Å²) in [5.74, 6) is -0.177. The van der Waals surface area contributed by atoms with E-state index in [1.807, 2.05) is 25.8 Å². The number of β-amino-alcohol motifs (C(OH)–C–C–N with tert-alkyl or cyclic N) is 1. The van der Waals surface area contributed by atoms with Crippen molar-refractivity contribution < 1.29 is 14.7 Å². The van der Waals surface area contributed by atoms with E-state index in [-0.39, 0.29) is 12.5 Å². The maximum Gasteiger partial charge on any atom is 0.319 e. The number of amides is 3. The van der Waals surface area contributed by atoms with Gasteiger partial charge in [-0.3, -0.25) is 4.79 Å². The molecule has 0 aliphatic carbocycles. The fourth-order valence-corrected chi connectivity index (χ4v) is 2.78. The Bertz CT molecular complexity index is 620. The molecule has 2 rings (SSSR count). The Balaban J connectivity index is 1.96. The van der Waals surface area contributed by atoms with Crippen LogP contribution >= 0.6 is 0 Å². The molecule has 1 aliphatic heterocycles. The number of nitrogens with zero attached hydrogens (tertiary/aromatic N) is 1. The second kappa shape index (κ2) is 7.63. The molecule has 0 radical (unpaired) electrons. The van der Waals surface area contributed by atoms with Crippen LogP contribution in [0.2, 0.25) is 0 Å². The van der Waals surface area contributed by atoms with E-state index in [1.54, 1.807) is 18.2 Å². The normalized spacial score (nSPS) is 20.7. The number of carbonyl (C=O) groups is 2. The van der Waals surface area contributed by atoms with Crippen LogP contribution in [0.5, 0.6) is 0 Å². The number of rotatable bonds is 5. The molecule has 7 nitrogen and oxygen atoms in total. The Morgan fingerprint density at radius 3 is 2.71 bits per heavy atom. The van der Waals surface area contributed by atoms with Crippen LogP contribution in [0.25, 0.3) is 0 Å². The van der Waals surface area contributed by atoms with Gasteiger partial charge in [-0.05, 0) is 45.0 Å².